The summed E-state index contributed by atoms with van der Waals surface area (Å²) in [5.74, 6) is 1.41. The molecular formula is C24H24F3N5O2S. The van der Waals surface area contributed by atoms with Crippen LogP contribution in [0, 0.1) is 23.2 Å². The molecule has 184 valence electrons. The highest BCUT2D eigenvalue weighted by molar-refractivity contribution is 7.89. The molecule has 3 atom stereocenters. The lowest BCUT2D eigenvalue weighted by molar-refractivity contribution is -0.147. The number of pyridine rings is 2. The third-order valence-corrected chi connectivity index (χ3v) is 8.61. The van der Waals surface area contributed by atoms with Gasteiger partial charge in [-0.3, -0.25) is 4.98 Å². The number of nitriles is 1. The summed E-state index contributed by atoms with van der Waals surface area (Å²) in [5, 5.41) is 10.7. The van der Waals surface area contributed by atoms with Gasteiger partial charge in [0.15, 0.2) is 0 Å². The van der Waals surface area contributed by atoms with E-state index in [1.165, 1.54) is 25.0 Å². The Hall–Kier alpha value is -2.97. The summed E-state index contributed by atoms with van der Waals surface area (Å²) in [7, 11) is -4.43. The Bertz CT molecular complexity index is 1410. The molecule has 0 saturated heterocycles. The van der Waals surface area contributed by atoms with Crippen LogP contribution in [0.2, 0.25) is 0 Å². The summed E-state index contributed by atoms with van der Waals surface area (Å²) >= 11 is 0. The fraction of sp³-hybridized carbons (Fsp3) is 0.458. The maximum absolute atomic E-state index is 12.9. The molecular weight excluding hydrogens is 479 g/mol. The molecule has 11 heteroatoms. The number of aromatic nitrogens is 3. The lowest BCUT2D eigenvalue weighted by Gasteiger charge is -2.19. The highest BCUT2D eigenvalue weighted by Crippen LogP contribution is 2.50. The van der Waals surface area contributed by atoms with E-state index in [4.69, 9.17) is 0 Å². The molecule has 3 aromatic rings. The first kappa shape index (κ1) is 23.8. The first-order valence-electron chi connectivity index (χ1n) is 11.5. The van der Waals surface area contributed by atoms with Gasteiger partial charge >= 0.3 is 6.18 Å². The van der Waals surface area contributed by atoms with Gasteiger partial charge in [0.1, 0.15) is 22.7 Å². The fourth-order valence-corrected chi connectivity index (χ4v) is 6.30. The predicted octanol–water partition coefficient (Wildman–Crippen LogP) is 4.95. The molecule has 7 nitrogen and oxygen atoms in total. The van der Waals surface area contributed by atoms with E-state index in [-0.39, 0.29) is 10.9 Å². The van der Waals surface area contributed by atoms with Crippen LogP contribution in [0.25, 0.3) is 22.4 Å². The lowest BCUT2D eigenvalue weighted by atomic mass is 10.0. The summed E-state index contributed by atoms with van der Waals surface area (Å²) < 4.78 is 67.2. The van der Waals surface area contributed by atoms with Crippen molar-refractivity contribution >= 4 is 21.1 Å². The Balaban J connectivity index is 1.55. The molecule has 3 aromatic heterocycles. The van der Waals surface area contributed by atoms with Crippen molar-refractivity contribution in [3.63, 3.8) is 0 Å². The number of halogens is 3. The standard InChI is InChI=1S/C24H24F3N5O2S/c1-14(24(25,26)27)31-35(33,34)18-8-9-21(30-13-18)22-20(12-28)19-3-2-10-29-23(19)32(22)17-7-6-16(11-17)15-4-5-15/h2-3,8-10,13-17,31H,4-7,11H2,1H3/t14-,16?,17?/m1/s1. The van der Waals surface area contributed by atoms with E-state index in [9.17, 15) is 26.9 Å². The minimum atomic E-state index is -4.71. The van der Waals surface area contributed by atoms with Crippen LogP contribution < -0.4 is 4.72 Å². The molecule has 3 heterocycles. The zero-order chi connectivity index (χ0) is 25.0. The van der Waals surface area contributed by atoms with Gasteiger partial charge < -0.3 is 4.57 Å². The molecule has 2 unspecified atom stereocenters. The molecule has 5 rings (SSSR count). The Kier molecular flexibility index (Phi) is 5.84. The van der Waals surface area contributed by atoms with Crippen molar-refractivity contribution in [3.8, 4) is 17.5 Å². The Morgan fingerprint density at radius 2 is 1.89 bits per heavy atom. The third kappa shape index (κ3) is 4.41. The van der Waals surface area contributed by atoms with Gasteiger partial charge in [-0.15, -0.1) is 0 Å². The zero-order valence-electron chi connectivity index (χ0n) is 19.0. The van der Waals surface area contributed by atoms with Crippen LogP contribution in [0.5, 0.6) is 0 Å². The average molecular weight is 504 g/mol. The first-order chi connectivity index (χ1) is 16.6. The molecule has 1 N–H and O–H groups in total. The molecule has 0 radical (unpaired) electrons. The van der Waals surface area contributed by atoms with Crippen LogP contribution in [-0.2, 0) is 10.0 Å². The predicted molar refractivity (Wildman–Crippen MR) is 123 cm³/mol. The van der Waals surface area contributed by atoms with Gasteiger partial charge in [-0.1, -0.05) is 0 Å². The summed E-state index contributed by atoms with van der Waals surface area (Å²) in [4.78, 5) is 8.45. The van der Waals surface area contributed by atoms with Crippen LogP contribution in [-0.4, -0.2) is 35.2 Å². The van der Waals surface area contributed by atoms with Crippen molar-refractivity contribution in [1.82, 2.24) is 19.3 Å². The minimum Gasteiger partial charge on any atom is -0.320 e. The SMILES string of the molecule is C[C@@H](NS(=O)(=O)c1ccc(-c2c(C#N)c3cccnc3n2C2CCC(C3CC3)C2)nc1)C(F)(F)F. The normalized spacial score (nSPS) is 21.8. The Morgan fingerprint density at radius 3 is 2.51 bits per heavy atom. The quantitative estimate of drug-likeness (QED) is 0.513. The highest BCUT2D eigenvalue weighted by Gasteiger charge is 2.40. The second-order valence-electron chi connectivity index (χ2n) is 9.41. The van der Waals surface area contributed by atoms with Gasteiger partial charge in [0.25, 0.3) is 0 Å². The number of hydrogen-bond acceptors (Lipinski definition) is 5. The number of hydrogen-bond donors (Lipinski definition) is 1. The number of nitrogens with zero attached hydrogens (tertiary/aromatic N) is 4. The molecule has 2 aliphatic carbocycles. The van der Waals surface area contributed by atoms with E-state index in [2.05, 4.69) is 20.6 Å². The molecule has 35 heavy (non-hydrogen) atoms. The van der Waals surface area contributed by atoms with Crippen molar-refractivity contribution < 1.29 is 21.6 Å². The van der Waals surface area contributed by atoms with Crippen LogP contribution in [0.3, 0.4) is 0 Å². The van der Waals surface area contributed by atoms with Gasteiger partial charge in [0.05, 0.1) is 17.0 Å². The van der Waals surface area contributed by atoms with Crippen molar-refractivity contribution in [3.05, 3.63) is 42.2 Å². The molecule has 2 aliphatic rings. The molecule has 2 fully saturated rings. The summed E-state index contributed by atoms with van der Waals surface area (Å²) in [5.41, 5.74) is 2.01. The van der Waals surface area contributed by atoms with Gasteiger partial charge in [-0.25, -0.2) is 13.4 Å². The largest absolute Gasteiger partial charge is 0.404 e. The van der Waals surface area contributed by atoms with Crippen molar-refractivity contribution in [2.24, 2.45) is 11.8 Å². The number of rotatable bonds is 6. The first-order valence-corrected chi connectivity index (χ1v) is 13.0. The minimum absolute atomic E-state index is 0.134. The second-order valence-corrected chi connectivity index (χ2v) is 11.1. The smallest absolute Gasteiger partial charge is 0.320 e. The molecule has 0 bridgehead atoms. The maximum Gasteiger partial charge on any atom is 0.404 e. The van der Waals surface area contributed by atoms with Crippen LogP contribution in [0.1, 0.15) is 50.6 Å². The molecule has 0 aliphatic heterocycles. The highest BCUT2D eigenvalue weighted by atomic mass is 32.2. The third-order valence-electron chi connectivity index (χ3n) is 7.09. The van der Waals surface area contributed by atoms with Crippen LogP contribution >= 0.6 is 0 Å². The van der Waals surface area contributed by atoms with E-state index in [0.29, 0.717) is 33.9 Å². The molecule has 0 amide bonds. The lowest BCUT2D eigenvalue weighted by Crippen LogP contribution is -2.42. The van der Waals surface area contributed by atoms with Crippen molar-refractivity contribution in [2.75, 3.05) is 0 Å². The summed E-state index contributed by atoms with van der Waals surface area (Å²) in [6.07, 6.45) is 3.55. The number of sulfonamides is 1. The van der Waals surface area contributed by atoms with Gasteiger partial charge in [-0.05, 0) is 75.1 Å². The van der Waals surface area contributed by atoms with E-state index in [0.717, 1.165) is 38.3 Å². The van der Waals surface area contributed by atoms with Crippen molar-refractivity contribution in [2.45, 2.75) is 62.2 Å². The number of fused-ring (bicyclic) bond motifs is 1. The molecule has 0 spiro atoms. The number of nitrogens with one attached hydrogen (secondary N) is 1. The van der Waals surface area contributed by atoms with Gasteiger partial charge in [0, 0.05) is 23.8 Å². The topological polar surface area (TPSA) is 101 Å². The Labute approximate surface area is 201 Å². The van der Waals surface area contributed by atoms with E-state index >= 15 is 0 Å². The van der Waals surface area contributed by atoms with Crippen molar-refractivity contribution in [1.29, 1.82) is 5.26 Å². The second kappa shape index (κ2) is 8.60. The van der Waals surface area contributed by atoms with Gasteiger partial charge in [0.2, 0.25) is 10.0 Å². The summed E-state index contributed by atoms with van der Waals surface area (Å²) in [6, 6.07) is 6.39. The molecule has 2 saturated carbocycles. The van der Waals surface area contributed by atoms with E-state index in [1.807, 2.05) is 6.07 Å². The average Bonchev–Trinajstić information content (AvgIpc) is 3.46. The van der Waals surface area contributed by atoms with Crippen LogP contribution in [0.15, 0.2) is 41.6 Å². The summed E-state index contributed by atoms with van der Waals surface area (Å²) in [6.45, 7) is 0.737. The number of alkyl halides is 3. The molecule has 0 aromatic carbocycles. The van der Waals surface area contributed by atoms with Crippen LogP contribution in [0.4, 0.5) is 13.2 Å². The zero-order valence-corrected chi connectivity index (χ0v) is 19.8. The fourth-order valence-electron chi connectivity index (χ4n) is 5.13. The van der Waals surface area contributed by atoms with E-state index < -0.39 is 22.2 Å². The Morgan fingerprint density at radius 1 is 1.14 bits per heavy atom. The monoisotopic (exact) mass is 503 g/mol. The maximum atomic E-state index is 12.9. The van der Waals surface area contributed by atoms with E-state index in [1.54, 1.807) is 17.0 Å². The van der Waals surface area contributed by atoms with Gasteiger partial charge in [-0.2, -0.15) is 23.2 Å².